The molecule has 0 amide bonds. The Balaban J connectivity index is 2.54. The molecule has 0 radical (unpaired) electrons. The van der Waals surface area contributed by atoms with Crippen molar-refractivity contribution in [3.05, 3.63) is 0 Å². The summed E-state index contributed by atoms with van der Waals surface area (Å²) in [4.78, 5) is 32.4. The second-order valence-electron chi connectivity index (χ2n) is 4.85. The predicted octanol–water partition coefficient (Wildman–Crippen LogP) is 0.751. The maximum atomic E-state index is 11.1. The molecular weight excluding hydrogens is 268 g/mol. The highest BCUT2D eigenvalue weighted by Gasteiger charge is 2.34. The van der Waals surface area contributed by atoms with Gasteiger partial charge in [0.05, 0.1) is 12.7 Å². The van der Waals surface area contributed by atoms with Crippen LogP contribution in [0.25, 0.3) is 0 Å². The van der Waals surface area contributed by atoms with Crippen molar-refractivity contribution in [3.8, 4) is 0 Å². The fraction of sp³-hybridized carbons (Fsp3) is 0.769. The Hall–Kier alpha value is -1.63. The third-order valence-electron chi connectivity index (χ3n) is 3.13. The molecule has 3 atom stereocenters. The van der Waals surface area contributed by atoms with Gasteiger partial charge in [-0.25, -0.2) is 4.79 Å². The van der Waals surface area contributed by atoms with Crippen molar-refractivity contribution in [2.45, 2.75) is 45.3 Å². The van der Waals surface area contributed by atoms with E-state index in [-0.39, 0.29) is 37.3 Å². The topological polar surface area (TPSA) is 99.1 Å². The van der Waals surface area contributed by atoms with Crippen LogP contribution < -0.4 is 0 Å². The van der Waals surface area contributed by atoms with Crippen LogP contribution in [0.5, 0.6) is 0 Å². The number of hydrogen-bond donors (Lipinski definition) is 1. The van der Waals surface area contributed by atoms with Crippen LogP contribution in [0.1, 0.15) is 33.1 Å². The first-order valence-corrected chi connectivity index (χ1v) is 6.52. The highest BCUT2D eigenvalue weighted by atomic mass is 16.6. The highest BCUT2D eigenvalue weighted by Crippen LogP contribution is 2.29. The Kier molecular flexibility index (Phi) is 6.44. The fourth-order valence-electron chi connectivity index (χ4n) is 2.30. The Bertz CT molecular complexity index is 366. The molecule has 0 heterocycles. The van der Waals surface area contributed by atoms with Crippen molar-refractivity contribution in [2.24, 2.45) is 5.92 Å². The lowest BCUT2D eigenvalue weighted by atomic mass is 9.85. The van der Waals surface area contributed by atoms with E-state index in [0.717, 1.165) is 0 Å². The van der Waals surface area contributed by atoms with E-state index in [1.807, 2.05) is 0 Å². The van der Waals surface area contributed by atoms with Crippen LogP contribution in [0.15, 0.2) is 0 Å². The molecule has 0 aromatic carbocycles. The van der Waals surface area contributed by atoms with Gasteiger partial charge in [0.15, 0.2) is 0 Å². The average molecular weight is 288 g/mol. The van der Waals surface area contributed by atoms with E-state index in [1.165, 1.54) is 13.8 Å². The third kappa shape index (κ3) is 6.01. The molecule has 20 heavy (non-hydrogen) atoms. The zero-order chi connectivity index (χ0) is 15.1. The van der Waals surface area contributed by atoms with Gasteiger partial charge >= 0.3 is 17.9 Å². The van der Waals surface area contributed by atoms with E-state index >= 15 is 0 Å². The molecule has 1 aliphatic rings. The quantitative estimate of drug-likeness (QED) is 0.720. The number of hydrogen-bond acceptors (Lipinski definition) is 6. The molecule has 7 nitrogen and oxygen atoms in total. The lowest BCUT2D eigenvalue weighted by molar-refractivity contribution is -0.160. The third-order valence-corrected chi connectivity index (χ3v) is 3.13. The van der Waals surface area contributed by atoms with Gasteiger partial charge in [-0.1, -0.05) is 0 Å². The average Bonchev–Trinajstić information content (AvgIpc) is 2.35. The molecule has 7 heteroatoms. The molecule has 0 aliphatic heterocycles. The van der Waals surface area contributed by atoms with Crippen LogP contribution in [0.4, 0.5) is 0 Å². The number of carbonyl (C=O) groups excluding carboxylic acids is 2. The number of esters is 2. The molecule has 1 aliphatic carbocycles. The number of rotatable bonds is 6. The molecule has 1 N–H and O–H groups in total. The molecule has 0 saturated heterocycles. The van der Waals surface area contributed by atoms with E-state index in [4.69, 9.17) is 19.3 Å². The summed E-state index contributed by atoms with van der Waals surface area (Å²) < 4.78 is 15.4. The van der Waals surface area contributed by atoms with Gasteiger partial charge in [0.1, 0.15) is 12.7 Å². The Labute approximate surface area is 117 Å². The number of carboxylic acid groups (broad SMARTS) is 1. The van der Waals surface area contributed by atoms with Gasteiger partial charge < -0.3 is 19.3 Å². The largest absolute Gasteiger partial charge is 0.480 e. The molecule has 1 saturated carbocycles. The first kappa shape index (κ1) is 16.4. The maximum Gasteiger partial charge on any atom is 0.329 e. The molecule has 114 valence electrons. The number of aliphatic carboxylic acids is 1. The minimum Gasteiger partial charge on any atom is -0.480 e. The van der Waals surface area contributed by atoms with Gasteiger partial charge in [-0.15, -0.1) is 0 Å². The summed E-state index contributed by atoms with van der Waals surface area (Å²) in [6, 6.07) is 0. The van der Waals surface area contributed by atoms with Crippen molar-refractivity contribution < 1.29 is 33.7 Å². The van der Waals surface area contributed by atoms with Crippen molar-refractivity contribution in [2.75, 3.05) is 13.2 Å². The second-order valence-corrected chi connectivity index (χ2v) is 4.85. The van der Waals surface area contributed by atoms with Crippen LogP contribution >= 0.6 is 0 Å². The van der Waals surface area contributed by atoms with Crippen LogP contribution in [0.3, 0.4) is 0 Å². The number of ether oxygens (including phenoxy) is 3. The van der Waals surface area contributed by atoms with Crippen LogP contribution in [0, 0.1) is 5.92 Å². The molecule has 1 fully saturated rings. The summed E-state index contributed by atoms with van der Waals surface area (Å²) in [5.74, 6) is -1.98. The predicted molar refractivity (Wildman–Crippen MR) is 66.9 cm³/mol. The van der Waals surface area contributed by atoms with E-state index < -0.39 is 11.9 Å². The minimum absolute atomic E-state index is 0.139. The molecule has 0 bridgehead atoms. The van der Waals surface area contributed by atoms with Crippen LogP contribution in [0.2, 0.25) is 0 Å². The zero-order valence-corrected chi connectivity index (χ0v) is 11.7. The van der Waals surface area contributed by atoms with E-state index in [9.17, 15) is 14.4 Å². The number of carboxylic acids is 1. The summed E-state index contributed by atoms with van der Waals surface area (Å²) in [6.07, 6.45) is 1.13. The normalized spacial score (nSPS) is 25.8. The summed E-state index contributed by atoms with van der Waals surface area (Å²) in [7, 11) is 0. The Morgan fingerprint density at radius 2 is 1.85 bits per heavy atom. The maximum absolute atomic E-state index is 11.1. The van der Waals surface area contributed by atoms with E-state index in [0.29, 0.717) is 19.3 Å². The summed E-state index contributed by atoms with van der Waals surface area (Å²) in [5, 5.41) is 8.59. The highest BCUT2D eigenvalue weighted by molar-refractivity contribution is 5.68. The smallest absolute Gasteiger partial charge is 0.329 e. The lowest BCUT2D eigenvalue weighted by Gasteiger charge is -2.34. The first-order chi connectivity index (χ1) is 9.38. The molecule has 0 spiro atoms. The fourth-order valence-corrected chi connectivity index (χ4v) is 2.30. The SMILES string of the molecule is CC(=O)OC[C@H]1C[C@H](OCC(=O)O)CC[C@@H]1OC(C)=O. The standard InChI is InChI=1S/C13H20O7/c1-8(14)18-6-10-5-11(19-7-13(16)17)3-4-12(10)20-9(2)15/h10-12H,3-7H2,1-2H3,(H,16,17)/t10-,11-,12+/m1/s1. The van der Waals surface area contributed by atoms with Gasteiger partial charge in [-0.05, 0) is 19.3 Å². The second kappa shape index (κ2) is 7.84. The molecule has 0 aromatic rings. The number of carbonyl (C=O) groups is 3. The van der Waals surface area contributed by atoms with E-state index in [2.05, 4.69) is 0 Å². The van der Waals surface area contributed by atoms with Crippen LogP contribution in [-0.4, -0.2) is 48.4 Å². The Morgan fingerprint density at radius 3 is 2.40 bits per heavy atom. The van der Waals surface area contributed by atoms with Crippen molar-refractivity contribution >= 4 is 17.9 Å². The molecule has 0 unspecified atom stereocenters. The summed E-state index contributed by atoms with van der Waals surface area (Å²) in [5.41, 5.74) is 0. The van der Waals surface area contributed by atoms with Crippen molar-refractivity contribution in [1.82, 2.24) is 0 Å². The lowest BCUT2D eigenvalue weighted by Crippen LogP contribution is -2.39. The van der Waals surface area contributed by atoms with Gasteiger partial charge in [-0.2, -0.15) is 0 Å². The monoisotopic (exact) mass is 288 g/mol. The van der Waals surface area contributed by atoms with Gasteiger partial charge in [0.2, 0.25) is 0 Å². The zero-order valence-electron chi connectivity index (χ0n) is 11.7. The van der Waals surface area contributed by atoms with Crippen LogP contribution in [-0.2, 0) is 28.6 Å². The first-order valence-electron chi connectivity index (χ1n) is 6.52. The molecule has 0 aromatic heterocycles. The summed E-state index contributed by atoms with van der Waals surface area (Å²) >= 11 is 0. The Morgan fingerprint density at radius 1 is 1.15 bits per heavy atom. The van der Waals surface area contributed by atoms with E-state index in [1.54, 1.807) is 0 Å². The van der Waals surface area contributed by atoms with Gasteiger partial charge in [0, 0.05) is 19.8 Å². The molecule has 1 rings (SSSR count). The minimum atomic E-state index is -1.02. The van der Waals surface area contributed by atoms with Gasteiger partial charge in [0.25, 0.3) is 0 Å². The molecular formula is C13H20O7. The summed E-state index contributed by atoms with van der Waals surface area (Å²) in [6.45, 7) is 2.42. The van der Waals surface area contributed by atoms with Gasteiger partial charge in [-0.3, -0.25) is 9.59 Å². The van der Waals surface area contributed by atoms with Crippen molar-refractivity contribution in [3.63, 3.8) is 0 Å². The van der Waals surface area contributed by atoms with Crippen molar-refractivity contribution in [1.29, 1.82) is 0 Å².